The van der Waals surface area contributed by atoms with Gasteiger partial charge in [0.05, 0.1) is 19.8 Å². The molecule has 248 valence electrons. The Kier molecular flexibility index (Phi) is 12.0. The maximum Gasteiger partial charge on any atom is 0.338 e. The van der Waals surface area contributed by atoms with Crippen LogP contribution in [-0.4, -0.2) is 105 Å². The topological polar surface area (TPSA) is 242 Å². The number of carbonyl (C=O) groups is 2. The number of aldehydes is 1. The molecule has 15 heteroatoms. The average Bonchev–Trinajstić information content (AvgIpc) is 3.04. The highest BCUT2D eigenvalue weighted by molar-refractivity contribution is 5.91. The van der Waals surface area contributed by atoms with E-state index in [1.54, 1.807) is 12.1 Å². The van der Waals surface area contributed by atoms with Gasteiger partial charge in [0.1, 0.15) is 37.3 Å². The van der Waals surface area contributed by atoms with Crippen molar-refractivity contribution in [2.75, 3.05) is 20.8 Å². The molecule has 1 heterocycles. The van der Waals surface area contributed by atoms with Crippen LogP contribution in [0.25, 0.3) is 0 Å². The van der Waals surface area contributed by atoms with Crippen LogP contribution >= 0.6 is 0 Å². The first kappa shape index (κ1) is 35.3. The Labute approximate surface area is 262 Å². The number of hydrogen-bond donors (Lipinski definition) is 8. The Morgan fingerprint density at radius 3 is 2.04 bits per heavy atom. The van der Waals surface area contributed by atoms with Gasteiger partial charge in [-0.3, -0.25) is 4.79 Å². The largest absolute Gasteiger partial charge is 0.504 e. The summed E-state index contributed by atoms with van der Waals surface area (Å²) in [5, 5.41) is 78.8. The summed E-state index contributed by atoms with van der Waals surface area (Å²) in [5.41, 5.74) is 0.827. The van der Waals surface area contributed by atoms with Crippen molar-refractivity contribution in [3.05, 3.63) is 71.8 Å². The highest BCUT2D eigenvalue weighted by Gasteiger charge is 2.46. The predicted octanol–water partition coefficient (Wildman–Crippen LogP) is 1.50. The molecule has 3 aromatic carbocycles. The van der Waals surface area contributed by atoms with Crippen molar-refractivity contribution in [1.29, 1.82) is 0 Å². The van der Waals surface area contributed by atoms with Gasteiger partial charge < -0.3 is 64.5 Å². The third kappa shape index (κ3) is 8.28. The van der Waals surface area contributed by atoms with E-state index in [1.807, 2.05) is 0 Å². The second-order valence-corrected chi connectivity index (χ2v) is 9.78. The standard InChI is InChI=1S/C23H26O12.C8H8O3/c1-3-4-10-5-14(32-2)18(27)15(6-10)34-23-21(30)20(29)19(28)16(35-23)9-33-22(31)11-7-12(24)17(26)13(25)8-11;1-11-8-4-6(5-9)2-3-7(8)10/h3,5-8,16,19-21,23-30H,1,4,9H2,2H3;2-5,10H,1H3/t16-,19-,20+,21-,23-;/m1./s1. The molecule has 0 amide bonds. The molecule has 15 nitrogen and oxygen atoms in total. The van der Waals surface area contributed by atoms with Crippen LogP contribution in [0.4, 0.5) is 0 Å². The fourth-order valence-electron chi connectivity index (χ4n) is 4.17. The van der Waals surface area contributed by atoms with Crippen LogP contribution < -0.4 is 14.2 Å². The number of aliphatic hydroxyl groups is 3. The maximum absolute atomic E-state index is 12.3. The van der Waals surface area contributed by atoms with Crippen molar-refractivity contribution in [3.8, 4) is 46.0 Å². The number of aliphatic hydroxyl groups excluding tert-OH is 3. The third-order valence-corrected chi connectivity index (χ3v) is 6.64. The lowest BCUT2D eigenvalue weighted by molar-refractivity contribution is -0.277. The second-order valence-electron chi connectivity index (χ2n) is 9.78. The van der Waals surface area contributed by atoms with E-state index < -0.39 is 66.3 Å². The zero-order valence-corrected chi connectivity index (χ0v) is 24.6. The summed E-state index contributed by atoms with van der Waals surface area (Å²) in [4.78, 5) is 22.5. The molecule has 1 saturated heterocycles. The summed E-state index contributed by atoms with van der Waals surface area (Å²) in [6.45, 7) is 3.01. The van der Waals surface area contributed by atoms with E-state index in [0.29, 0.717) is 29.6 Å². The number of ether oxygens (including phenoxy) is 5. The van der Waals surface area contributed by atoms with Gasteiger partial charge in [-0.2, -0.15) is 0 Å². The lowest BCUT2D eigenvalue weighted by Crippen LogP contribution is -2.60. The summed E-state index contributed by atoms with van der Waals surface area (Å²) in [7, 11) is 2.77. The number of aromatic hydroxyl groups is 5. The Bertz CT molecular complexity index is 1520. The van der Waals surface area contributed by atoms with E-state index in [0.717, 1.165) is 12.1 Å². The fraction of sp³-hybridized carbons (Fsp3) is 0.290. The molecule has 0 radical (unpaired) electrons. The summed E-state index contributed by atoms with van der Waals surface area (Å²) in [6.07, 6.45) is -5.44. The first-order chi connectivity index (χ1) is 21.8. The number of benzene rings is 3. The molecule has 0 aliphatic carbocycles. The van der Waals surface area contributed by atoms with E-state index in [4.69, 9.17) is 28.8 Å². The minimum atomic E-state index is -1.76. The van der Waals surface area contributed by atoms with Gasteiger partial charge >= 0.3 is 5.97 Å². The van der Waals surface area contributed by atoms with Crippen LogP contribution in [0.5, 0.6) is 46.0 Å². The van der Waals surface area contributed by atoms with Gasteiger partial charge in [-0.05, 0) is 54.4 Å². The lowest BCUT2D eigenvalue weighted by atomic mass is 9.99. The zero-order chi connectivity index (χ0) is 34.1. The van der Waals surface area contributed by atoms with E-state index >= 15 is 0 Å². The smallest absolute Gasteiger partial charge is 0.338 e. The first-order valence-electron chi connectivity index (χ1n) is 13.5. The first-order valence-corrected chi connectivity index (χ1v) is 13.5. The van der Waals surface area contributed by atoms with Gasteiger partial charge in [0.15, 0.2) is 40.2 Å². The number of allylic oxidation sites excluding steroid dienone is 1. The summed E-state index contributed by atoms with van der Waals surface area (Å²) < 4.78 is 26.0. The second kappa shape index (κ2) is 15.7. The SMILES string of the molecule is C=CCc1cc(OC)c(O)c(O[C@@H]2O[C@H](COC(=O)c3cc(O)c(O)c(O)c3)[C@@H](O)[C@H](O)[C@H]2O)c1.COc1cc(C=O)ccc1O. The molecule has 4 rings (SSSR count). The van der Waals surface area contributed by atoms with E-state index in [2.05, 4.69) is 6.58 Å². The van der Waals surface area contributed by atoms with Crippen molar-refractivity contribution < 1.29 is 74.1 Å². The number of rotatable bonds is 10. The van der Waals surface area contributed by atoms with Crippen LogP contribution in [0.3, 0.4) is 0 Å². The summed E-state index contributed by atoms with van der Waals surface area (Å²) in [5.74, 6) is -3.49. The summed E-state index contributed by atoms with van der Waals surface area (Å²) >= 11 is 0. The van der Waals surface area contributed by atoms with E-state index in [9.17, 15) is 45.3 Å². The number of phenolic OH excluding ortho intramolecular Hbond substituents is 5. The normalized spacial score (nSPS) is 20.4. The Morgan fingerprint density at radius 2 is 1.46 bits per heavy atom. The molecule has 46 heavy (non-hydrogen) atoms. The van der Waals surface area contributed by atoms with Gasteiger partial charge in [-0.1, -0.05) is 6.08 Å². The van der Waals surface area contributed by atoms with Crippen molar-refractivity contribution in [2.24, 2.45) is 0 Å². The number of methoxy groups -OCH3 is 2. The molecular formula is C31H34O15. The van der Waals surface area contributed by atoms with Gasteiger partial charge in [-0.15, -0.1) is 6.58 Å². The molecule has 8 N–H and O–H groups in total. The van der Waals surface area contributed by atoms with Crippen LogP contribution in [-0.2, 0) is 15.9 Å². The molecule has 1 aliphatic rings. The highest BCUT2D eigenvalue weighted by atomic mass is 16.7. The Morgan fingerprint density at radius 1 is 0.826 bits per heavy atom. The molecule has 0 spiro atoms. The van der Waals surface area contributed by atoms with E-state index in [1.165, 1.54) is 38.5 Å². The molecule has 1 aliphatic heterocycles. The lowest BCUT2D eigenvalue weighted by Gasteiger charge is -2.40. The van der Waals surface area contributed by atoms with Gasteiger partial charge in [0, 0.05) is 5.56 Å². The molecule has 0 saturated carbocycles. The third-order valence-electron chi connectivity index (χ3n) is 6.64. The molecule has 1 fully saturated rings. The molecule has 0 unspecified atom stereocenters. The van der Waals surface area contributed by atoms with Crippen molar-refractivity contribution in [2.45, 2.75) is 37.1 Å². The highest BCUT2D eigenvalue weighted by Crippen LogP contribution is 2.39. The Hall–Kier alpha value is -5.22. The van der Waals surface area contributed by atoms with Crippen molar-refractivity contribution >= 4 is 12.3 Å². The van der Waals surface area contributed by atoms with Crippen molar-refractivity contribution in [3.63, 3.8) is 0 Å². The van der Waals surface area contributed by atoms with Gasteiger partial charge in [0.25, 0.3) is 0 Å². The monoisotopic (exact) mass is 646 g/mol. The average molecular weight is 647 g/mol. The predicted molar refractivity (Wildman–Crippen MR) is 158 cm³/mol. The molecule has 0 aromatic heterocycles. The Balaban J connectivity index is 0.000000441. The molecule has 5 atom stereocenters. The number of carbonyl (C=O) groups excluding carboxylic acids is 2. The van der Waals surface area contributed by atoms with E-state index in [-0.39, 0.29) is 22.8 Å². The van der Waals surface area contributed by atoms with Crippen LogP contribution in [0, 0.1) is 0 Å². The maximum atomic E-state index is 12.3. The fourth-order valence-corrected chi connectivity index (χ4v) is 4.17. The zero-order valence-electron chi connectivity index (χ0n) is 24.6. The van der Waals surface area contributed by atoms with Crippen molar-refractivity contribution in [1.82, 2.24) is 0 Å². The van der Waals surface area contributed by atoms with Crippen LogP contribution in [0.15, 0.2) is 55.1 Å². The quantitative estimate of drug-likeness (QED) is 0.0674. The molecule has 3 aromatic rings. The molecule has 0 bridgehead atoms. The summed E-state index contributed by atoms with van der Waals surface area (Å²) in [6, 6.07) is 9.13. The van der Waals surface area contributed by atoms with Gasteiger partial charge in [0.2, 0.25) is 12.0 Å². The molecular weight excluding hydrogens is 612 g/mol. The number of phenols is 5. The number of hydrogen-bond acceptors (Lipinski definition) is 15. The van der Waals surface area contributed by atoms with Crippen LogP contribution in [0.2, 0.25) is 0 Å². The minimum Gasteiger partial charge on any atom is -0.504 e. The minimum absolute atomic E-state index is 0.0399. The number of esters is 1. The van der Waals surface area contributed by atoms with Gasteiger partial charge in [-0.25, -0.2) is 4.79 Å². The van der Waals surface area contributed by atoms with Crippen LogP contribution in [0.1, 0.15) is 26.3 Å².